The zero-order valence-corrected chi connectivity index (χ0v) is 22.0. The second-order valence-electron chi connectivity index (χ2n) is 10.1. The van der Waals surface area contributed by atoms with Crippen molar-refractivity contribution < 1.29 is 9.50 Å². The number of benzene rings is 3. The second-order valence-corrected chi connectivity index (χ2v) is 10.9. The predicted octanol–water partition coefficient (Wildman–Crippen LogP) is 8.22. The molecule has 36 heavy (non-hydrogen) atoms. The molecule has 0 radical (unpaired) electrons. The van der Waals surface area contributed by atoms with Gasteiger partial charge in [0.2, 0.25) is 0 Å². The van der Waals surface area contributed by atoms with Crippen LogP contribution in [-0.4, -0.2) is 36.3 Å². The number of likely N-dealkylation sites (tertiary alicyclic amines) is 1. The molecule has 1 heterocycles. The van der Waals surface area contributed by atoms with E-state index in [0.717, 1.165) is 67.6 Å². The molecule has 1 unspecified atom stereocenters. The van der Waals surface area contributed by atoms with E-state index in [-0.39, 0.29) is 6.67 Å². The van der Waals surface area contributed by atoms with Crippen molar-refractivity contribution in [2.24, 2.45) is 5.92 Å². The van der Waals surface area contributed by atoms with Crippen LogP contribution >= 0.6 is 23.2 Å². The maximum Gasteiger partial charge on any atom is 0.115 e. The molecule has 5 rings (SSSR count). The first-order valence-electron chi connectivity index (χ1n) is 12.9. The van der Waals surface area contributed by atoms with Crippen LogP contribution in [-0.2, 0) is 12.8 Å². The highest BCUT2D eigenvalue weighted by Crippen LogP contribution is 2.43. The number of rotatable bonds is 7. The van der Waals surface area contributed by atoms with Crippen molar-refractivity contribution in [3.63, 3.8) is 0 Å². The average Bonchev–Trinajstić information content (AvgIpc) is 3.22. The summed E-state index contributed by atoms with van der Waals surface area (Å²) in [6.45, 7) is 2.77. The van der Waals surface area contributed by atoms with Gasteiger partial charge in [-0.15, -0.1) is 0 Å². The standard InChI is InChI=1S/C31H32Cl2FNO/c32-25-9-11-28(30(33)19-25)29-4-1-3-24-18-26(36)10-12-27(24)31(29)23-7-5-21(6-8-23)17-22-13-16-35(20-22)15-2-14-34/h5-12,18-19,22,36H,1-4,13-17,20H2. The van der Waals surface area contributed by atoms with Gasteiger partial charge in [-0.2, -0.15) is 0 Å². The average molecular weight is 525 g/mol. The van der Waals surface area contributed by atoms with Gasteiger partial charge in [0.1, 0.15) is 5.75 Å². The van der Waals surface area contributed by atoms with Crippen molar-refractivity contribution in [3.8, 4) is 5.75 Å². The zero-order chi connectivity index (χ0) is 25.1. The summed E-state index contributed by atoms with van der Waals surface area (Å²) in [5.41, 5.74) is 8.21. The molecule has 1 saturated heterocycles. The smallest absolute Gasteiger partial charge is 0.115 e. The lowest BCUT2D eigenvalue weighted by molar-refractivity contribution is 0.301. The van der Waals surface area contributed by atoms with Crippen LogP contribution in [0.25, 0.3) is 11.1 Å². The fraction of sp³-hybridized carbons (Fsp3) is 0.355. The molecule has 1 aliphatic carbocycles. The quantitative estimate of drug-likeness (QED) is 0.337. The normalized spacial score (nSPS) is 18.4. The van der Waals surface area contributed by atoms with Crippen LogP contribution in [0.4, 0.5) is 4.39 Å². The van der Waals surface area contributed by atoms with Crippen molar-refractivity contribution in [3.05, 3.63) is 98.5 Å². The first kappa shape index (κ1) is 25.3. The molecule has 2 aliphatic rings. The van der Waals surface area contributed by atoms with E-state index in [1.165, 1.54) is 23.1 Å². The molecule has 0 amide bonds. The molecule has 3 aromatic carbocycles. The fourth-order valence-electron chi connectivity index (χ4n) is 5.81. The van der Waals surface area contributed by atoms with E-state index in [2.05, 4.69) is 29.2 Å². The summed E-state index contributed by atoms with van der Waals surface area (Å²) in [5, 5.41) is 11.4. The lowest BCUT2D eigenvalue weighted by atomic mass is 9.87. The highest BCUT2D eigenvalue weighted by Gasteiger charge is 2.24. The van der Waals surface area contributed by atoms with Gasteiger partial charge in [-0.1, -0.05) is 59.6 Å². The van der Waals surface area contributed by atoms with E-state index in [4.69, 9.17) is 23.2 Å². The summed E-state index contributed by atoms with van der Waals surface area (Å²) in [6, 6.07) is 20.4. The van der Waals surface area contributed by atoms with Gasteiger partial charge in [-0.25, -0.2) is 0 Å². The molecule has 3 aromatic rings. The Kier molecular flexibility index (Phi) is 8.00. The van der Waals surface area contributed by atoms with Gasteiger partial charge in [0, 0.05) is 23.1 Å². The number of aryl methyl sites for hydroxylation is 1. The van der Waals surface area contributed by atoms with Crippen LogP contribution in [0.2, 0.25) is 10.0 Å². The molecule has 188 valence electrons. The number of phenolic OH excluding ortho intramolecular Hbond substituents is 1. The number of phenols is 1. The number of allylic oxidation sites excluding steroid dienone is 1. The van der Waals surface area contributed by atoms with Gasteiger partial charge >= 0.3 is 0 Å². The Bertz CT molecular complexity index is 1250. The minimum absolute atomic E-state index is 0.232. The Morgan fingerprint density at radius 3 is 2.53 bits per heavy atom. The maximum atomic E-state index is 12.5. The van der Waals surface area contributed by atoms with Gasteiger partial charge in [-0.05, 0) is 114 Å². The Balaban J connectivity index is 1.49. The van der Waals surface area contributed by atoms with E-state index in [1.807, 2.05) is 30.3 Å². The summed E-state index contributed by atoms with van der Waals surface area (Å²) in [6.07, 6.45) is 5.63. The molecule has 5 heteroatoms. The Morgan fingerprint density at radius 2 is 1.75 bits per heavy atom. The van der Waals surface area contributed by atoms with E-state index in [1.54, 1.807) is 6.07 Å². The largest absolute Gasteiger partial charge is 0.508 e. The highest BCUT2D eigenvalue weighted by atomic mass is 35.5. The molecule has 1 aliphatic heterocycles. The Morgan fingerprint density at radius 1 is 0.944 bits per heavy atom. The molecule has 2 nitrogen and oxygen atoms in total. The second kappa shape index (κ2) is 11.4. The van der Waals surface area contributed by atoms with Crippen LogP contribution in [0, 0.1) is 5.92 Å². The molecular formula is C31H32Cl2FNO. The van der Waals surface area contributed by atoms with E-state index in [0.29, 0.717) is 28.1 Å². The van der Waals surface area contributed by atoms with E-state index in [9.17, 15) is 9.50 Å². The summed E-state index contributed by atoms with van der Waals surface area (Å²) < 4.78 is 12.5. The van der Waals surface area contributed by atoms with Crippen LogP contribution < -0.4 is 0 Å². The monoisotopic (exact) mass is 523 g/mol. The lowest BCUT2D eigenvalue weighted by Gasteiger charge is -2.18. The molecule has 1 N–H and O–H groups in total. The number of hydrogen-bond acceptors (Lipinski definition) is 2. The maximum absolute atomic E-state index is 12.5. The van der Waals surface area contributed by atoms with E-state index >= 15 is 0 Å². The highest BCUT2D eigenvalue weighted by molar-refractivity contribution is 6.36. The third-order valence-electron chi connectivity index (χ3n) is 7.53. The summed E-state index contributed by atoms with van der Waals surface area (Å²) in [7, 11) is 0. The third kappa shape index (κ3) is 5.64. The van der Waals surface area contributed by atoms with E-state index < -0.39 is 0 Å². The molecular weight excluding hydrogens is 492 g/mol. The van der Waals surface area contributed by atoms with Crippen LogP contribution in [0.5, 0.6) is 5.75 Å². The van der Waals surface area contributed by atoms with Crippen LogP contribution in [0.3, 0.4) is 0 Å². The van der Waals surface area contributed by atoms with Crippen molar-refractivity contribution in [1.82, 2.24) is 4.90 Å². The van der Waals surface area contributed by atoms with Gasteiger partial charge < -0.3 is 10.0 Å². The number of halogens is 3. The SMILES string of the molecule is Oc1ccc2c(c1)CCCC(c1ccc(Cl)cc1Cl)=C2c1ccc(CC2CCN(CCCF)C2)cc1. The first-order valence-corrected chi connectivity index (χ1v) is 13.7. The molecule has 0 aromatic heterocycles. The van der Waals surface area contributed by atoms with Gasteiger partial charge in [0.05, 0.1) is 6.67 Å². The molecule has 1 atom stereocenters. The third-order valence-corrected chi connectivity index (χ3v) is 8.08. The number of nitrogens with zero attached hydrogens (tertiary/aromatic N) is 1. The first-order chi connectivity index (χ1) is 17.5. The van der Waals surface area contributed by atoms with Crippen LogP contribution in [0.15, 0.2) is 60.7 Å². The molecule has 1 fully saturated rings. The fourth-order valence-corrected chi connectivity index (χ4v) is 6.34. The number of aromatic hydroxyl groups is 1. The zero-order valence-electron chi connectivity index (χ0n) is 20.5. The van der Waals surface area contributed by atoms with Gasteiger partial charge in [0.25, 0.3) is 0 Å². The lowest BCUT2D eigenvalue weighted by Crippen LogP contribution is -2.22. The van der Waals surface area contributed by atoms with Crippen molar-refractivity contribution in [1.29, 1.82) is 0 Å². The van der Waals surface area contributed by atoms with Crippen molar-refractivity contribution in [2.75, 3.05) is 26.3 Å². The minimum Gasteiger partial charge on any atom is -0.508 e. The number of hydrogen-bond donors (Lipinski definition) is 1. The van der Waals surface area contributed by atoms with Crippen LogP contribution in [0.1, 0.15) is 53.5 Å². The van der Waals surface area contributed by atoms with Crippen molar-refractivity contribution in [2.45, 2.75) is 38.5 Å². The topological polar surface area (TPSA) is 23.5 Å². The van der Waals surface area contributed by atoms with Gasteiger partial charge in [-0.3, -0.25) is 4.39 Å². The minimum atomic E-state index is -0.232. The number of alkyl halides is 1. The Hall–Kier alpha value is -2.33. The predicted molar refractivity (Wildman–Crippen MR) is 149 cm³/mol. The summed E-state index contributed by atoms with van der Waals surface area (Å²) >= 11 is 12.9. The van der Waals surface area contributed by atoms with Crippen molar-refractivity contribution >= 4 is 34.3 Å². The summed E-state index contributed by atoms with van der Waals surface area (Å²) in [5.74, 6) is 0.924. The summed E-state index contributed by atoms with van der Waals surface area (Å²) in [4.78, 5) is 2.39. The molecule has 0 spiro atoms. The number of fused-ring (bicyclic) bond motifs is 1. The van der Waals surface area contributed by atoms with Gasteiger partial charge in [0.15, 0.2) is 0 Å². The Labute approximate surface area is 223 Å². The molecule has 0 bridgehead atoms. The molecule has 0 saturated carbocycles.